The Hall–Kier alpha value is -2.15. The van der Waals surface area contributed by atoms with Crippen molar-refractivity contribution in [2.75, 3.05) is 6.61 Å². The van der Waals surface area contributed by atoms with Gasteiger partial charge >= 0.3 is 5.69 Å². The van der Waals surface area contributed by atoms with E-state index in [0.717, 1.165) is 18.9 Å². The topological polar surface area (TPSA) is 102 Å². The number of carbonyl (C=O) groups excluding carboxylic acids is 1. The Morgan fingerprint density at radius 3 is 2.82 bits per heavy atom. The molecule has 0 radical (unpaired) electrons. The molecule has 1 aliphatic carbocycles. The van der Waals surface area contributed by atoms with Crippen LogP contribution in [0, 0.1) is 16.0 Å². The van der Waals surface area contributed by atoms with E-state index in [1.165, 1.54) is 25.0 Å². The molecule has 0 unspecified atom stereocenters. The van der Waals surface area contributed by atoms with Crippen molar-refractivity contribution in [3.05, 3.63) is 33.9 Å². The Kier molecular flexibility index (Phi) is 3.98. The molecule has 3 rings (SSSR count). The minimum Gasteiger partial charge on any atom is -0.502 e. The first kappa shape index (κ1) is 14.8. The number of nitrogens with one attached hydrogen (secondary N) is 1. The van der Waals surface area contributed by atoms with Crippen molar-refractivity contribution in [2.45, 2.75) is 37.8 Å². The van der Waals surface area contributed by atoms with Gasteiger partial charge < -0.3 is 15.2 Å². The first-order chi connectivity index (χ1) is 10.5. The van der Waals surface area contributed by atoms with Crippen molar-refractivity contribution in [3.8, 4) is 5.75 Å². The maximum absolute atomic E-state index is 12.2. The minimum absolute atomic E-state index is 0.0275. The molecule has 1 aromatic rings. The predicted octanol–water partition coefficient (Wildman–Crippen LogP) is 1.99. The lowest BCUT2D eigenvalue weighted by Crippen LogP contribution is -2.42. The van der Waals surface area contributed by atoms with Crippen LogP contribution in [0.4, 0.5) is 5.69 Å². The van der Waals surface area contributed by atoms with E-state index < -0.39 is 16.4 Å². The number of nitrogens with zero attached hydrogens (tertiary/aromatic N) is 1. The summed E-state index contributed by atoms with van der Waals surface area (Å²) in [5.74, 6) is -0.180. The number of benzene rings is 1. The molecule has 0 bridgehead atoms. The molecule has 1 heterocycles. The second kappa shape index (κ2) is 5.92. The van der Waals surface area contributed by atoms with Crippen LogP contribution in [0.15, 0.2) is 18.2 Å². The average Bonchev–Trinajstić information content (AvgIpc) is 3.32. The molecule has 2 atom stereocenters. The molecule has 1 aliphatic heterocycles. The second-order valence-electron chi connectivity index (χ2n) is 5.90. The Labute approximate surface area is 127 Å². The number of hydrogen-bond donors (Lipinski definition) is 2. The van der Waals surface area contributed by atoms with Crippen LogP contribution < -0.4 is 5.32 Å². The third kappa shape index (κ3) is 3.19. The van der Waals surface area contributed by atoms with Crippen LogP contribution in [0.5, 0.6) is 5.75 Å². The number of phenolic OH excluding ortho intramolecular Hbond substituents is 1. The zero-order chi connectivity index (χ0) is 15.7. The van der Waals surface area contributed by atoms with Gasteiger partial charge in [0.15, 0.2) is 5.75 Å². The average molecular weight is 306 g/mol. The monoisotopic (exact) mass is 306 g/mol. The fraction of sp³-hybridized carbons (Fsp3) is 0.533. The van der Waals surface area contributed by atoms with E-state index in [-0.39, 0.29) is 23.6 Å². The lowest BCUT2D eigenvalue weighted by molar-refractivity contribution is -0.385. The lowest BCUT2D eigenvalue weighted by atomic mass is 9.99. The molecule has 1 aromatic carbocycles. The highest BCUT2D eigenvalue weighted by Crippen LogP contribution is 2.38. The van der Waals surface area contributed by atoms with E-state index in [4.69, 9.17) is 4.74 Å². The van der Waals surface area contributed by atoms with Gasteiger partial charge in [0.25, 0.3) is 5.91 Å². The number of carbonyl (C=O) groups is 1. The fourth-order valence-corrected chi connectivity index (χ4v) is 2.84. The van der Waals surface area contributed by atoms with Gasteiger partial charge in [0.1, 0.15) is 0 Å². The third-order valence-electron chi connectivity index (χ3n) is 4.23. The molecule has 0 aromatic heterocycles. The Morgan fingerprint density at radius 1 is 1.36 bits per heavy atom. The zero-order valence-corrected chi connectivity index (χ0v) is 12.0. The SMILES string of the molecule is O=C(N[C@@H]1CCO[C@H](C2CC2)C1)c1ccc(O)c([N+](=O)[O-])c1. The maximum Gasteiger partial charge on any atom is 0.311 e. The summed E-state index contributed by atoms with van der Waals surface area (Å²) < 4.78 is 5.71. The molecule has 1 saturated heterocycles. The van der Waals surface area contributed by atoms with Crippen molar-refractivity contribution in [2.24, 2.45) is 5.92 Å². The molecule has 2 aliphatic rings. The predicted molar refractivity (Wildman–Crippen MR) is 77.7 cm³/mol. The molecule has 0 spiro atoms. The first-order valence-electron chi connectivity index (χ1n) is 7.44. The molecule has 2 fully saturated rings. The maximum atomic E-state index is 12.2. The smallest absolute Gasteiger partial charge is 0.311 e. The van der Waals surface area contributed by atoms with E-state index in [1.54, 1.807) is 0 Å². The number of nitro benzene ring substituents is 1. The van der Waals surface area contributed by atoms with Crippen molar-refractivity contribution in [3.63, 3.8) is 0 Å². The van der Waals surface area contributed by atoms with Crippen LogP contribution in [0.2, 0.25) is 0 Å². The van der Waals surface area contributed by atoms with Crippen LogP contribution in [0.1, 0.15) is 36.0 Å². The molecule has 1 saturated carbocycles. The molecule has 22 heavy (non-hydrogen) atoms. The number of ether oxygens (including phenoxy) is 1. The van der Waals surface area contributed by atoms with Crippen molar-refractivity contribution >= 4 is 11.6 Å². The summed E-state index contributed by atoms with van der Waals surface area (Å²) in [6.07, 6.45) is 4.13. The number of phenols is 1. The highest BCUT2D eigenvalue weighted by molar-refractivity contribution is 5.95. The number of hydrogen-bond acceptors (Lipinski definition) is 5. The highest BCUT2D eigenvalue weighted by atomic mass is 16.6. The summed E-state index contributed by atoms with van der Waals surface area (Å²) in [5.41, 5.74) is -0.283. The lowest BCUT2D eigenvalue weighted by Gasteiger charge is -2.30. The first-order valence-corrected chi connectivity index (χ1v) is 7.44. The van der Waals surface area contributed by atoms with Crippen LogP contribution in [0.25, 0.3) is 0 Å². The summed E-state index contributed by atoms with van der Waals surface area (Å²) in [6, 6.07) is 3.68. The van der Waals surface area contributed by atoms with Gasteiger partial charge in [-0.05, 0) is 43.7 Å². The molecular weight excluding hydrogens is 288 g/mol. The van der Waals surface area contributed by atoms with E-state index >= 15 is 0 Å². The van der Waals surface area contributed by atoms with Crippen molar-refractivity contribution in [1.82, 2.24) is 5.32 Å². The Bertz CT molecular complexity index is 600. The Balaban J connectivity index is 1.66. The van der Waals surface area contributed by atoms with Crippen LogP contribution in [-0.2, 0) is 4.74 Å². The largest absolute Gasteiger partial charge is 0.502 e. The molecule has 2 N–H and O–H groups in total. The van der Waals surface area contributed by atoms with E-state index in [2.05, 4.69) is 5.32 Å². The van der Waals surface area contributed by atoms with Gasteiger partial charge in [-0.25, -0.2) is 0 Å². The zero-order valence-electron chi connectivity index (χ0n) is 12.0. The summed E-state index contributed by atoms with van der Waals surface area (Å²) in [7, 11) is 0. The highest BCUT2D eigenvalue weighted by Gasteiger charge is 2.36. The van der Waals surface area contributed by atoms with Crippen LogP contribution in [-0.4, -0.2) is 34.7 Å². The van der Waals surface area contributed by atoms with Gasteiger partial charge in [-0.2, -0.15) is 0 Å². The molecule has 7 nitrogen and oxygen atoms in total. The number of amides is 1. The van der Waals surface area contributed by atoms with Gasteiger partial charge in [0.05, 0.1) is 11.0 Å². The van der Waals surface area contributed by atoms with Gasteiger partial charge in [0.2, 0.25) is 0 Å². The van der Waals surface area contributed by atoms with Gasteiger partial charge in [-0.3, -0.25) is 14.9 Å². The standard InChI is InChI=1S/C15H18N2O5/c18-13-4-3-10(7-12(13)17(20)21)15(19)16-11-5-6-22-14(8-11)9-1-2-9/h3-4,7,9,11,14,18H,1-2,5-6,8H2,(H,16,19)/t11-,14+/m1/s1. The molecule has 7 heteroatoms. The van der Waals surface area contributed by atoms with Gasteiger partial charge in [-0.1, -0.05) is 0 Å². The Morgan fingerprint density at radius 2 is 2.14 bits per heavy atom. The van der Waals surface area contributed by atoms with Gasteiger partial charge in [0, 0.05) is 24.3 Å². The quantitative estimate of drug-likeness (QED) is 0.654. The number of aromatic hydroxyl groups is 1. The summed E-state index contributed by atoms with van der Waals surface area (Å²) in [5, 5.41) is 23.1. The number of rotatable bonds is 4. The summed E-state index contributed by atoms with van der Waals surface area (Å²) in [6.45, 7) is 0.627. The van der Waals surface area contributed by atoms with Crippen molar-refractivity contribution < 1.29 is 19.6 Å². The normalized spacial score (nSPS) is 24.7. The number of nitro groups is 1. The van der Waals surface area contributed by atoms with Crippen LogP contribution >= 0.6 is 0 Å². The molecule has 118 valence electrons. The molecule has 1 amide bonds. The van der Waals surface area contributed by atoms with E-state index in [0.29, 0.717) is 12.5 Å². The summed E-state index contributed by atoms with van der Waals surface area (Å²) in [4.78, 5) is 22.3. The second-order valence-corrected chi connectivity index (χ2v) is 5.90. The molecular formula is C15H18N2O5. The van der Waals surface area contributed by atoms with Gasteiger partial charge in [-0.15, -0.1) is 0 Å². The summed E-state index contributed by atoms with van der Waals surface area (Å²) >= 11 is 0. The third-order valence-corrected chi connectivity index (χ3v) is 4.23. The van der Waals surface area contributed by atoms with Crippen LogP contribution in [0.3, 0.4) is 0 Å². The fourth-order valence-electron chi connectivity index (χ4n) is 2.84. The van der Waals surface area contributed by atoms with Crippen molar-refractivity contribution in [1.29, 1.82) is 0 Å². The minimum atomic E-state index is -0.705. The van der Waals surface area contributed by atoms with E-state index in [9.17, 15) is 20.0 Å². The van der Waals surface area contributed by atoms with E-state index in [1.807, 2.05) is 0 Å².